The average Bonchev–Trinajstić information content (AvgIpc) is 3.34. The first kappa shape index (κ1) is 14.3. The molecule has 8 heteroatoms. The fraction of sp³-hybridized carbons (Fsp3) is 0.250. The Balaban J connectivity index is 1.52. The van der Waals surface area contributed by atoms with Gasteiger partial charge in [0.1, 0.15) is 6.33 Å². The van der Waals surface area contributed by atoms with Gasteiger partial charge in [0, 0.05) is 18.5 Å². The number of carbonyl (C=O) groups is 1. The topological polar surface area (TPSA) is 103 Å². The Hall–Kier alpha value is -3.34. The number of nitrogens with zero attached hydrogens (tertiary/aromatic N) is 5. The Morgan fingerprint density at radius 1 is 1.46 bits per heavy atom. The molecule has 1 saturated heterocycles. The van der Waals surface area contributed by atoms with Crippen LogP contribution in [-0.2, 0) is 4.79 Å². The van der Waals surface area contributed by atoms with Crippen molar-refractivity contribution in [3.05, 3.63) is 36.9 Å². The number of aromatic amines is 1. The number of nitriles is 1. The molecule has 2 aromatic heterocycles. The summed E-state index contributed by atoms with van der Waals surface area (Å²) in [6.45, 7) is 1.10. The van der Waals surface area contributed by atoms with E-state index in [1.807, 2.05) is 22.8 Å². The van der Waals surface area contributed by atoms with Crippen molar-refractivity contribution >= 4 is 22.6 Å². The Morgan fingerprint density at radius 3 is 3.21 bits per heavy atom. The second kappa shape index (κ2) is 5.70. The summed E-state index contributed by atoms with van der Waals surface area (Å²) < 4.78 is 1.85. The molecule has 1 fully saturated rings. The Bertz CT molecular complexity index is 935. The van der Waals surface area contributed by atoms with Crippen LogP contribution in [0.25, 0.3) is 16.6 Å². The van der Waals surface area contributed by atoms with Crippen LogP contribution in [0.4, 0.5) is 5.82 Å². The molecule has 0 aliphatic carbocycles. The van der Waals surface area contributed by atoms with Crippen LogP contribution < -0.4 is 5.32 Å². The zero-order chi connectivity index (χ0) is 16.5. The van der Waals surface area contributed by atoms with Crippen molar-refractivity contribution in [3.63, 3.8) is 0 Å². The lowest BCUT2D eigenvalue weighted by Gasteiger charge is -2.09. The molecule has 2 N–H and O–H groups in total. The van der Waals surface area contributed by atoms with Crippen LogP contribution in [0.3, 0.4) is 0 Å². The highest BCUT2D eigenvalue weighted by Gasteiger charge is 2.28. The van der Waals surface area contributed by atoms with Gasteiger partial charge in [0.25, 0.3) is 0 Å². The van der Waals surface area contributed by atoms with Gasteiger partial charge in [0.2, 0.25) is 5.91 Å². The van der Waals surface area contributed by atoms with Crippen molar-refractivity contribution in [2.45, 2.75) is 6.42 Å². The van der Waals surface area contributed by atoms with Gasteiger partial charge in [-0.25, -0.2) is 4.98 Å². The first-order chi connectivity index (χ1) is 11.7. The minimum absolute atomic E-state index is 0.0977. The van der Waals surface area contributed by atoms with E-state index in [4.69, 9.17) is 5.26 Å². The molecule has 0 unspecified atom stereocenters. The second-order valence-electron chi connectivity index (χ2n) is 5.80. The zero-order valence-electron chi connectivity index (χ0n) is 12.8. The number of nitrogens with one attached hydrogen (secondary N) is 2. The molecule has 0 radical (unpaired) electrons. The van der Waals surface area contributed by atoms with Gasteiger partial charge in [0.15, 0.2) is 12.0 Å². The zero-order valence-corrected chi connectivity index (χ0v) is 12.8. The van der Waals surface area contributed by atoms with E-state index in [9.17, 15) is 4.79 Å². The SMILES string of the molecule is N#CN1CC[C@H](C(=O)Nc2cn(-c3cccc4[nH]ncc34)cn2)C1. The Kier molecular flexibility index (Phi) is 3.39. The van der Waals surface area contributed by atoms with E-state index in [1.54, 1.807) is 23.6 Å². The van der Waals surface area contributed by atoms with Crippen LogP contribution in [0.2, 0.25) is 0 Å². The molecule has 24 heavy (non-hydrogen) atoms. The summed E-state index contributed by atoms with van der Waals surface area (Å²) in [6.07, 6.45) is 7.96. The first-order valence-corrected chi connectivity index (χ1v) is 7.66. The molecule has 0 saturated carbocycles. The molecule has 0 spiro atoms. The van der Waals surface area contributed by atoms with E-state index in [0.29, 0.717) is 25.3 Å². The van der Waals surface area contributed by atoms with Crippen molar-refractivity contribution in [1.82, 2.24) is 24.6 Å². The van der Waals surface area contributed by atoms with E-state index in [1.165, 1.54) is 0 Å². The van der Waals surface area contributed by atoms with Gasteiger partial charge in [-0.05, 0) is 18.6 Å². The second-order valence-corrected chi connectivity index (χ2v) is 5.80. The minimum atomic E-state index is -0.174. The van der Waals surface area contributed by atoms with Gasteiger partial charge in [-0.1, -0.05) is 6.07 Å². The molecule has 1 atom stereocenters. The van der Waals surface area contributed by atoms with Gasteiger partial charge in [-0.15, -0.1) is 0 Å². The number of fused-ring (bicyclic) bond motifs is 1. The monoisotopic (exact) mass is 321 g/mol. The fourth-order valence-electron chi connectivity index (χ4n) is 2.99. The molecule has 3 aromatic rings. The highest BCUT2D eigenvalue weighted by molar-refractivity contribution is 5.92. The summed E-state index contributed by atoms with van der Waals surface area (Å²) in [5.74, 6) is 0.225. The third-order valence-corrected chi connectivity index (χ3v) is 4.27. The lowest BCUT2D eigenvalue weighted by molar-refractivity contribution is -0.119. The predicted octanol–water partition coefficient (Wildman–Crippen LogP) is 1.49. The Labute approximate surface area is 137 Å². The summed E-state index contributed by atoms with van der Waals surface area (Å²) in [4.78, 5) is 18.1. The molecule has 0 bridgehead atoms. The first-order valence-electron chi connectivity index (χ1n) is 7.66. The number of imidazole rings is 1. The quantitative estimate of drug-likeness (QED) is 0.712. The van der Waals surface area contributed by atoms with Gasteiger partial charge in [-0.2, -0.15) is 10.4 Å². The van der Waals surface area contributed by atoms with Gasteiger partial charge >= 0.3 is 0 Å². The largest absolute Gasteiger partial charge is 0.310 e. The minimum Gasteiger partial charge on any atom is -0.310 e. The number of anilines is 1. The van der Waals surface area contributed by atoms with Crippen LogP contribution in [0.5, 0.6) is 0 Å². The molecule has 120 valence electrons. The van der Waals surface area contributed by atoms with E-state index in [2.05, 4.69) is 26.7 Å². The van der Waals surface area contributed by atoms with Crippen molar-refractivity contribution in [1.29, 1.82) is 5.26 Å². The summed E-state index contributed by atoms with van der Waals surface area (Å²) in [5, 5.41) is 19.7. The maximum atomic E-state index is 12.3. The van der Waals surface area contributed by atoms with Crippen LogP contribution >= 0.6 is 0 Å². The van der Waals surface area contributed by atoms with E-state index in [-0.39, 0.29) is 11.8 Å². The number of aromatic nitrogens is 4. The lowest BCUT2D eigenvalue weighted by atomic mass is 10.1. The molecule has 3 heterocycles. The number of carbonyl (C=O) groups excluding carboxylic acids is 1. The molecule has 8 nitrogen and oxygen atoms in total. The maximum Gasteiger partial charge on any atom is 0.230 e. The van der Waals surface area contributed by atoms with Gasteiger partial charge in [-0.3, -0.25) is 9.89 Å². The third kappa shape index (κ3) is 2.46. The molecular weight excluding hydrogens is 306 g/mol. The normalized spacial score (nSPS) is 17.1. The summed E-state index contributed by atoms with van der Waals surface area (Å²) in [6, 6.07) is 5.85. The highest BCUT2D eigenvalue weighted by atomic mass is 16.2. The number of rotatable bonds is 3. The molecule has 1 aliphatic rings. The third-order valence-electron chi connectivity index (χ3n) is 4.27. The standard InChI is InChI=1S/C16H15N7O/c17-9-22-5-4-11(7-22)16(24)20-15-8-23(10-18-15)14-3-1-2-13-12(14)6-19-21-13/h1-3,6,8,10-11H,4-5,7H2,(H,19,21)(H,20,24)/t11-/m0/s1. The predicted molar refractivity (Wildman–Crippen MR) is 87.1 cm³/mol. The average molecular weight is 321 g/mol. The molecule has 1 aromatic carbocycles. The van der Waals surface area contributed by atoms with Gasteiger partial charge in [0.05, 0.1) is 29.5 Å². The summed E-state index contributed by atoms with van der Waals surface area (Å²) in [5.41, 5.74) is 1.88. The fourth-order valence-corrected chi connectivity index (χ4v) is 2.99. The summed E-state index contributed by atoms with van der Waals surface area (Å²) in [7, 11) is 0. The Morgan fingerprint density at radius 2 is 2.38 bits per heavy atom. The van der Waals surface area contributed by atoms with Crippen LogP contribution in [0.1, 0.15) is 6.42 Å². The van der Waals surface area contributed by atoms with Gasteiger partial charge < -0.3 is 14.8 Å². The lowest BCUT2D eigenvalue weighted by Crippen LogP contribution is -2.25. The number of benzene rings is 1. The van der Waals surface area contributed by atoms with Crippen molar-refractivity contribution in [2.75, 3.05) is 18.4 Å². The smallest absolute Gasteiger partial charge is 0.230 e. The van der Waals surface area contributed by atoms with Crippen molar-refractivity contribution in [2.24, 2.45) is 5.92 Å². The van der Waals surface area contributed by atoms with E-state index < -0.39 is 0 Å². The molecular formula is C16H15N7O. The molecule has 1 aliphatic heterocycles. The van der Waals surface area contributed by atoms with E-state index in [0.717, 1.165) is 16.6 Å². The highest BCUT2D eigenvalue weighted by Crippen LogP contribution is 2.22. The molecule has 4 rings (SSSR count). The van der Waals surface area contributed by atoms with E-state index >= 15 is 0 Å². The number of amides is 1. The number of likely N-dealkylation sites (tertiary alicyclic amines) is 1. The number of hydrogen-bond donors (Lipinski definition) is 2. The van der Waals surface area contributed by atoms with Crippen molar-refractivity contribution < 1.29 is 4.79 Å². The molecule has 1 amide bonds. The van der Waals surface area contributed by atoms with Crippen LogP contribution in [0, 0.1) is 17.4 Å². The maximum absolute atomic E-state index is 12.3. The van der Waals surface area contributed by atoms with Crippen LogP contribution in [-0.4, -0.2) is 43.6 Å². The number of hydrogen-bond acceptors (Lipinski definition) is 5. The number of H-pyrrole nitrogens is 1. The van der Waals surface area contributed by atoms with Crippen molar-refractivity contribution in [3.8, 4) is 11.9 Å². The summed E-state index contributed by atoms with van der Waals surface area (Å²) >= 11 is 0. The van der Waals surface area contributed by atoms with Crippen LogP contribution in [0.15, 0.2) is 36.9 Å².